The lowest BCUT2D eigenvalue weighted by Gasteiger charge is -2.25. The fourth-order valence-electron chi connectivity index (χ4n) is 2.33. The van der Waals surface area contributed by atoms with E-state index in [1.165, 1.54) is 0 Å². The van der Waals surface area contributed by atoms with Crippen LogP contribution < -0.4 is 5.73 Å². The number of rotatable bonds is 3. The number of aliphatic hydroxyl groups is 1. The lowest BCUT2D eigenvalue weighted by molar-refractivity contribution is -0.135. The lowest BCUT2D eigenvalue weighted by Crippen LogP contribution is -2.50. The predicted octanol–water partition coefficient (Wildman–Crippen LogP) is -0.00250. The Morgan fingerprint density at radius 2 is 2.20 bits per heavy atom. The topological polar surface area (TPSA) is 92.3 Å². The van der Waals surface area contributed by atoms with Crippen molar-refractivity contribution in [3.8, 4) is 0 Å². The number of amides is 1. The molecule has 20 heavy (non-hydrogen) atoms. The number of nitrogens with zero attached hydrogens (tertiary/aromatic N) is 3. The number of aromatic nitrogens is 2. The largest absolute Gasteiger partial charge is 0.391 e. The molecule has 1 aliphatic heterocycles. The molecule has 2 rings (SSSR count). The second kappa shape index (κ2) is 6.47. The first-order valence-corrected chi connectivity index (χ1v) is 6.39. The summed E-state index contributed by atoms with van der Waals surface area (Å²) in [5, 5.41) is 10.1. The summed E-state index contributed by atoms with van der Waals surface area (Å²) in [6.07, 6.45) is 5.01. The molecule has 1 aromatic heterocycles. The molecule has 0 spiro atoms. The van der Waals surface area contributed by atoms with Crippen LogP contribution in [0, 0.1) is 5.92 Å². The van der Waals surface area contributed by atoms with Crippen LogP contribution in [-0.2, 0) is 11.2 Å². The zero-order valence-electron chi connectivity index (χ0n) is 11.7. The van der Waals surface area contributed by atoms with Gasteiger partial charge in [-0.05, 0) is 20.3 Å². The number of halogens is 1. The minimum absolute atomic E-state index is 0. The molecule has 6 nitrogen and oxygen atoms in total. The first-order chi connectivity index (χ1) is 8.88. The number of β-amino-alcohol motifs (C(OH)–C–C–N with tert-alkyl or cyclic N) is 1. The van der Waals surface area contributed by atoms with E-state index in [0.29, 0.717) is 19.5 Å². The average molecular weight is 301 g/mol. The van der Waals surface area contributed by atoms with Gasteiger partial charge in [0.2, 0.25) is 5.91 Å². The molecule has 1 aromatic rings. The van der Waals surface area contributed by atoms with Crippen molar-refractivity contribution in [1.82, 2.24) is 14.9 Å². The molecule has 1 aliphatic rings. The van der Waals surface area contributed by atoms with Gasteiger partial charge >= 0.3 is 0 Å². The molecule has 0 bridgehead atoms. The predicted molar refractivity (Wildman–Crippen MR) is 77.3 cm³/mol. The van der Waals surface area contributed by atoms with Crippen LogP contribution in [0.5, 0.6) is 0 Å². The number of hydrogen-bond donors (Lipinski definition) is 2. The smallest absolute Gasteiger partial charge is 0.242 e. The lowest BCUT2D eigenvalue weighted by atomic mass is 10.0. The normalized spacial score (nSPS) is 22.5. The molecule has 0 aliphatic carbocycles. The van der Waals surface area contributed by atoms with E-state index in [0.717, 1.165) is 5.69 Å². The van der Waals surface area contributed by atoms with Crippen molar-refractivity contribution in [2.75, 3.05) is 13.1 Å². The molecule has 2 atom stereocenters. The number of aliphatic hydroxyl groups excluding tert-OH is 1. The molecular weight excluding hydrogens is 280 g/mol. The third-order valence-electron chi connectivity index (χ3n) is 3.33. The van der Waals surface area contributed by atoms with Crippen LogP contribution in [0.4, 0.5) is 0 Å². The summed E-state index contributed by atoms with van der Waals surface area (Å²) in [5.41, 5.74) is 5.73. The molecule has 0 aromatic carbocycles. The fourth-order valence-corrected chi connectivity index (χ4v) is 2.33. The Morgan fingerprint density at radius 3 is 2.75 bits per heavy atom. The quantitative estimate of drug-likeness (QED) is 0.819. The van der Waals surface area contributed by atoms with Crippen LogP contribution in [0.25, 0.3) is 0 Å². The number of carbonyl (C=O) groups excluding carboxylic acids is 1. The first kappa shape index (κ1) is 16.8. The fraction of sp³-hybridized carbons (Fsp3) is 0.615. The van der Waals surface area contributed by atoms with Crippen LogP contribution >= 0.6 is 12.4 Å². The van der Waals surface area contributed by atoms with Crippen LogP contribution in [0.3, 0.4) is 0 Å². The van der Waals surface area contributed by atoms with Crippen molar-refractivity contribution in [3.63, 3.8) is 0 Å². The highest BCUT2D eigenvalue weighted by Crippen LogP contribution is 2.22. The van der Waals surface area contributed by atoms with E-state index in [2.05, 4.69) is 9.97 Å². The molecule has 0 saturated carbocycles. The van der Waals surface area contributed by atoms with Crippen molar-refractivity contribution in [3.05, 3.63) is 24.3 Å². The van der Waals surface area contributed by atoms with Gasteiger partial charge in [-0.25, -0.2) is 0 Å². The van der Waals surface area contributed by atoms with Crippen molar-refractivity contribution < 1.29 is 9.90 Å². The van der Waals surface area contributed by atoms with Gasteiger partial charge in [-0.2, -0.15) is 0 Å². The third-order valence-corrected chi connectivity index (χ3v) is 3.33. The van der Waals surface area contributed by atoms with E-state index < -0.39 is 11.6 Å². The third kappa shape index (κ3) is 3.88. The summed E-state index contributed by atoms with van der Waals surface area (Å²) < 4.78 is 0. The van der Waals surface area contributed by atoms with Crippen LogP contribution in [0.1, 0.15) is 19.5 Å². The van der Waals surface area contributed by atoms with Crippen molar-refractivity contribution in [1.29, 1.82) is 0 Å². The van der Waals surface area contributed by atoms with E-state index in [1.807, 2.05) is 0 Å². The standard InChI is InChI=1S/C13H20N4O2.ClH/c1-13(2,14)12(19)17-7-9(11(18)8-17)5-10-6-15-3-4-16-10;/h3-4,6,9,11,18H,5,7-8,14H2,1-2H3;1H/t9-,11-;/m1./s1. The molecule has 1 saturated heterocycles. The highest BCUT2D eigenvalue weighted by Gasteiger charge is 2.38. The maximum atomic E-state index is 12.1. The highest BCUT2D eigenvalue weighted by atomic mass is 35.5. The van der Waals surface area contributed by atoms with Gasteiger partial charge in [-0.1, -0.05) is 0 Å². The molecule has 112 valence electrons. The van der Waals surface area contributed by atoms with E-state index in [9.17, 15) is 9.90 Å². The van der Waals surface area contributed by atoms with Crippen molar-refractivity contribution >= 4 is 18.3 Å². The van der Waals surface area contributed by atoms with Crippen LogP contribution in [-0.4, -0.2) is 50.6 Å². The second-order valence-electron chi connectivity index (χ2n) is 5.66. The van der Waals surface area contributed by atoms with E-state index in [-0.39, 0.29) is 24.2 Å². The van der Waals surface area contributed by atoms with Gasteiger partial charge in [-0.15, -0.1) is 12.4 Å². The van der Waals surface area contributed by atoms with Crippen LogP contribution in [0.15, 0.2) is 18.6 Å². The van der Waals surface area contributed by atoms with Gasteiger partial charge in [0.1, 0.15) is 0 Å². The number of nitrogens with two attached hydrogens (primary N) is 1. The molecule has 7 heteroatoms. The molecule has 2 heterocycles. The monoisotopic (exact) mass is 300 g/mol. The van der Waals surface area contributed by atoms with Crippen molar-refractivity contribution in [2.24, 2.45) is 11.7 Å². The SMILES string of the molecule is CC(C)(N)C(=O)N1C[C@@H](Cc2cnccn2)[C@H](O)C1.Cl. The maximum Gasteiger partial charge on any atom is 0.242 e. The minimum Gasteiger partial charge on any atom is -0.391 e. The number of hydrogen-bond acceptors (Lipinski definition) is 5. The highest BCUT2D eigenvalue weighted by molar-refractivity contribution is 5.85. The summed E-state index contributed by atoms with van der Waals surface area (Å²) >= 11 is 0. The van der Waals surface area contributed by atoms with E-state index in [4.69, 9.17) is 5.73 Å². The molecule has 0 radical (unpaired) electrons. The summed E-state index contributed by atoms with van der Waals surface area (Å²) in [5.74, 6) is -0.142. The van der Waals surface area contributed by atoms with Gasteiger partial charge in [0.05, 0.1) is 17.3 Å². The molecule has 1 fully saturated rings. The summed E-state index contributed by atoms with van der Waals surface area (Å²) in [4.78, 5) is 21.9. The van der Waals surface area contributed by atoms with E-state index >= 15 is 0 Å². The average Bonchev–Trinajstić information content (AvgIpc) is 2.70. The van der Waals surface area contributed by atoms with Gasteiger partial charge < -0.3 is 15.7 Å². The second-order valence-corrected chi connectivity index (χ2v) is 5.66. The summed E-state index contributed by atoms with van der Waals surface area (Å²) in [7, 11) is 0. The summed E-state index contributed by atoms with van der Waals surface area (Å²) in [6, 6.07) is 0. The zero-order chi connectivity index (χ0) is 14.0. The zero-order valence-corrected chi connectivity index (χ0v) is 12.5. The Labute approximate surface area is 124 Å². The number of carbonyl (C=O) groups is 1. The maximum absolute atomic E-state index is 12.1. The van der Waals surface area contributed by atoms with Gasteiger partial charge in [0, 0.05) is 37.6 Å². The Hall–Kier alpha value is -1.24. The number of likely N-dealkylation sites (tertiary alicyclic amines) is 1. The summed E-state index contributed by atoms with van der Waals surface area (Å²) in [6.45, 7) is 4.21. The van der Waals surface area contributed by atoms with Gasteiger partial charge in [-0.3, -0.25) is 14.8 Å². The van der Waals surface area contributed by atoms with E-state index in [1.54, 1.807) is 37.3 Å². The minimum atomic E-state index is -0.902. The molecule has 0 unspecified atom stereocenters. The molecular formula is C13H21ClN4O2. The van der Waals surface area contributed by atoms with Gasteiger partial charge in [0.25, 0.3) is 0 Å². The molecule has 3 N–H and O–H groups in total. The van der Waals surface area contributed by atoms with Gasteiger partial charge in [0.15, 0.2) is 0 Å². The Balaban J connectivity index is 0.00000200. The van der Waals surface area contributed by atoms with Crippen molar-refractivity contribution in [2.45, 2.75) is 31.9 Å². The Morgan fingerprint density at radius 1 is 1.50 bits per heavy atom. The van der Waals surface area contributed by atoms with Crippen LogP contribution in [0.2, 0.25) is 0 Å². The molecule has 1 amide bonds. The Bertz CT molecular complexity index is 449. The first-order valence-electron chi connectivity index (χ1n) is 6.39. The Kier molecular flexibility index (Phi) is 5.44.